The zero-order chi connectivity index (χ0) is 16.0. The van der Waals surface area contributed by atoms with Crippen molar-refractivity contribution in [1.82, 2.24) is 0 Å². The van der Waals surface area contributed by atoms with E-state index >= 15 is 0 Å². The summed E-state index contributed by atoms with van der Waals surface area (Å²) in [5.41, 5.74) is 0.970. The number of methoxy groups -OCH3 is 1. The largest absolute Gasteiger partial charge is 0.385 e. The highest BCUT2D eigenvalue weighted by Gasteiger charge is 2.38. The van der Waals surface area contributed by atoms with Gasteiger partial charge in [0.05, 0.1) is 5.02 Å². The SMILES string of the molecule is COCCCCC[Si]1(F)CCC(c2ccc(Cl)c(F)c2)CC1. The summed E-state index contributed by atoms with van der Waals surface area (Å²) in [6, 6.07) is 7.21. The van der Waals surface area contributed by atoms with Crippen LogP contribution >= 0.6 is 11.6 Å². The molecule has 1 heterocycles. The van der Waals surface area contributed by atoms with Gasteiger partial charge >= 0.3 is 0 Å². The van der Waals surface area contributed by atoms with Gasteiger partial charge in [-0.05, 0) is 61.0 Å². The van der Waals surface area contributed by atoms with Crippen LogP contribution in [0.15, 0.2) is 18.2 Å². The number of rotatable bonds is 7. The summed E-state index contributed by atoms with van der Waals surface area (Å²) >= 11 is 5.72. The van der Waals surface area contributed by atoms with E-state index in [1.54, 1.807) is 13.2 Å². The molecular weight excluding hydrogens is 322 g/mol. The van der Waals surface area contributed by atoms with E-state index in [0.717, 1.165) is 50.3 Å². The molecule has 0 aliphatic carbocycles. The first kappa shape index (κ1) is 17.9. The van der Waals surface area contributed by atoms with E-state index in [9.17, 15) is 8.50 Å². The second-order valence-corrected chi connectivity index (χ2v) is 10.6. The van der Waals surface area contributed by atoms with Crippen LogP contribution in [0.4, 0.5) is 8.50 Å². The van der Waals surface area contributed by atoms with E-state index in [1.807, 2.05) is 6.07 Å². The fourth-order valence-electron chi connectivity index (χ4n) is 3.35. The van der Waals surface area contributed by atoms with Crippen molar-refractivity contribution < 1.29 is 13.2 Å². The fraction of sp³-hybridized carbons (Fsp3) is 0.647. The molecule has 22 heavy (non-hydrogen) atoms. The molecule has 0 saturated carbocycles. The number of unbranched alkanes of at least 4 members (excludes halogenated alkanes) is 2. The Morgan fingerprint density at radius 1 is 1.23 bits per heavy atom. The highest BCUT2D eigenvalue weighted by Crippen LogP contribution is 2.42. The molecule has 1 saturated heterocycles. The zero-order valence-electron chi connectivity index (χ0n) is 13.2. The van der Waals surface area contributed by atoms with Crippen LogP contribution in [0, 0.1) is 5.82 Å². The number of ether oxygens (including phenoxy) is 1. The maximum absolute atomic E-state index is 14.9. The quantitative estimate of drug-likeness (QED) is 0.330. The number of hydrogen-bond acceptors (Lipinski definition) is 1. The maximum Gasteiger partial charge on any atom is 0.247 e. The minimum atomic E-state index is -2.56. The van der Waals surface area contributed by atoms with Crippen LogP contribution in [-0.4, -0.2) is 22.1 Å². The van der Waals surface area contributed by atoms with Crippen molar-refractivity contribution in [2.75, 3.05) is 13.7 Å². The third-order valence-electron chi connectivity index (χ3n) is 4.77. The molecule has 5 heteroatoms. The molecule has 0 amide bonds. The molecule has 0 N–H and O–H groups in total. The number of benzene rings is 1. The summed E-state index contributed by atoms with van der Waals surface area (Å²) in [7, 11) is -0.856. The lowest BCUT2D eigenvalue weighted by Crippen LogP contribution is -2.33. The Balaban J connectivity index is 1.80. The summed E-state index contributed by atoms with van der Waals surface area (Å²) in [4.78, 5) is 0. The van der Waals surface area contributed by atoms with Crippen molar-refractivity contribution in [2.45, 2.75) is 56.2 Å². The van der Waals surface area contributed by atoms with Gasteiger partial charge < -0.3 is 8.84 Å². The molecule has 0 atom stereocenters. The molecule has 0 aromatic heterocycles. The minimum absolute atomic E-state index is 0.157. The molecule has 0 unspecified atom stereocenters. The Kier molecular flexibility index (Phi) is 6.84. The Bertz CT molecular complexity index is 476. The predicted octanol–water partition coefficient (Wildman–Crippen LogP) is 6.09. The van der Waals surface area contributed by atoms with Gasteiger partial charge in [-0.3, -0.25) is 0 Å². The second kappa shape index (κ2) is 8.41. The Morgan fingerprint density at radius 3 is 2.59 bits per heavy atom. The molecule has 1 aromatic carbocycles. The van der Waals surface area contributed by atoms with Crippen LogP contribution in [0.2, 0.25) is 23.2 Å². The topological polar surface area (TPSA) is 9.23 Å². The van der Waals surface area contributed by atoms with Crippen LogP contribution in [0.5, 0.6) is 0 Å². The standard InChI is InChI=1S/C17H25ClF2OSi/c1-21-9-3-2-4-10-22(20)11-7-14(8-12-22)15-5-6-16(18)17(19)13-15/h5-6,13-14H,2-4,7-12H2,1H3. The van der Waals surface area contributed by atoms with Gasteiger partial charge in [0, 0.05) is 13.7 Å². The molecule has 124 valence electrons. The number of hydrogen-bond donors (Lipinski definition) is 0. The van der Waals surface area contributed by atoms with E-state index in [1.165, 1.54) is 6.07 Å². The van der Waals surface area contributed by atoms with Gasteiger partial charge in [-0.25, -0.2) is 4.39 Å². The Labute approximate surface area is 138 Å². The van der Waals surface area contributed by atoms with Crippen molar-refractivity contribution >= 4 is 20.0 Å². The first-order valence-electron chi connectivity index (χ1n) is 8.17. The van der Waals surface area contributed by atoms with E-state index in [0.29, 0.717) is 12.1 Å². The number of halogens is 3. The van der Waals surface area contributed by atoms with Gasteiger partial charge in [0.15, 0.2) is 0 Å². The monoisotopic (exact) mass is 346 g/mol. The van der Waals surface area contributed by atoms with Crippen molar-refractivity contribution in [1.29, 1.82) is 0 Å². The predicted molar refractivity (Wildman–Crippen MR) is 90.4 cm³/mol. The Morgan fingerprint density at radius 2 is 1.95 bits per heavy atom. The summed E-state index contributed by atoms with van der Waals surface area (Å²) in [5.74, 6) is -0.0803. The van der Waals surface area contributed by atoms with Crippen LogP contribution in [0.3, 0.4) is 0 Å². The molecule has 1 aromatic rings. The molecule has 0 radical (unpaired) electrons. The smallest absolute Gasteiger partial charge is 0.247 e. The third-order valence-corrected chi connectivity index (χ3v) is 8.70. The van der Waals surface area contributed by atoms with Gasteiger partial charge in [-0.2, -0.15) is 0 Å². The molecule has 1 aliphatic heterocycles. The van der Waals surface area contributed by atoms with Gasteiger partial charge in [-0.1, -0.05) is 30.5 Å². The van der Waals surface area contributed by atoms with E-state index < -0.39 is 8.41 Å². The average molecular weight is 347 g/mol. The minimum Gasteiger partial charge on any atom is -0.385 e. The normalized spacial score (nSPS) is 25.4. The third kappa shape index (κ3) is 5.03. The first-order chi connectivity index (χ1) is 10.5. The lowest BCUT2D eigenvalue weighted by molar-refractivity contribution is 0.192. The van der Waals surface area contributed by atoms with Gasteiger partial charge in [0.2, 0.25) is 8.41 Å². The molecular formula is C17H25ClF2OSi. The average Bonchev–Trinajstić information content (AvgIpc) is 2.51. The van der Waals surface area contributed by atoms with Gasteiger partial charge in [-0.15, -0.1) is 0 Å². The lowest BCUT2D eigenvalue weighted by atomic mass is 9.93. The molecule has 0 bridgehead atoms. The van der Waals surface area contributed by atoms with Crippen molar-refractivity contribution in [3.63, 3.8) is 0 Å². The Hall–Kier alpha value is -0.453. The molecule has 1 aliphatic rings. The van der Waals surface area contributed by atoms with Crippen molar-refractivity contribution in [2.24, 2.45) is 0 Å². The van der Waals surface area contributed by atoms with Crippen LogP contribution in [0.1, 0.15) is 43.6 Å². The van der Waals surface area contributed by atoms with E-state index in [2.05, 4.69) is 0 Å². The zero-order valence-corrected chi connectivity index (χ0v) is 15.0. The molecule has 1 fully saturated rings. The maximum atomic E-state index is 14.9. The van der Waals surface area contributed by atoms with Gasteiger partial charge in [0.25, 0.3) is 0 Å². The second-order valence-electron chi connectivity index (χ2n) is 6.40. The summed E-state index contributed by atoms with van der Waals surface area (Å²) in [5, 5.41) is 0.157. The van der Waals surface area contributed by atoms with Crippen LogP contribution in [0.25, 0.3) is 0 Å². The molecule has 1 nitrogen and oxygen atoms in total. The lowest BCUT2D eigenvalue weighted by Gasteiger charge is -2.32. The first-order valence-corrected chi connectivity index (χ1v) is 11.0. The summed E-state index contributed by atoms with van der Waals surface area (Å²) in [6.07, 6.45) is 4.75. The molecule has 2 rings (SSSR count). The van der Waals surface area contributed by atoms with Crippen LogP contribution in [-0.2, 0) is 4.74 Å². The van der Waals surface area contributed by atoms with Gasteiger partial charge in [0.1, 0.15) is 5.82 Å². The highest BCUT2D eigenvalue weighted by molar-refractivity contribution is 6.73. The van der Waals surface area contributed by atoms with E-state index in [-0.39, 0.29) is 16.8 Å². The fourth-order valence-corrected chi connectivity index (χ4v) is 6.83. The van der Waals surface area contributed by atoms with Crippen molar-refractivity contribution in [3.8, 4) is 0 Å². The summed E-state index contributed by atoms with van der Waals surface area (Å²) in [6.45, 7) is 0.769. The van der Waals surface area contributed by atoms with E-state index in [4.69, 9.17) is 16.3 Å². The highest BCUT2D eigenvalue weighted by atomic mass is 35.5. The van der Waals surface area contributed by atoms with Crippen LogP contribution < -0.4 is 0 Å². The molecule has 0 spiro atoms. The summed E-state index contributed by atoms with van der Waals surface area (Å²) < 4.78 is 33.5. The van der Waals surface area contributed by atoms with Crippen molar-refractivity contribution in [3.05, 3.63) is 34.6 Å².